The second-order valence-corrected chi connectivity index (χ2v) is 3.98. The van der Waals surface area contributed by atoms with Crippen molar-refractivity contribution in [1.29, 1.82) is 5.26 Å². The maximum absolute atomic E-state index is 8.79. The third-order valence-corrected chi connectivity index (χ3v) is 3.15. The van der Waals surface area contributed by atoms with Gasteiger partial charge in [0.15, 0.2) is 0 Å². The van der Waals surface area contributed by atoms with Gasteiger partial charge in [0, 0.05) is 6.42 Å². The molecule has 1 aliphatic rings. The summed E-state index contributed by atoms with van der Waals surface area (Å²) < 4.78 is 5.36. The Bertz CT molecular complexity index is 392. The Kier molecular flexibility index (Phi) is 2.91. The van der Waals surface area contributed by atoms with E-state index in [1.807, 2.05) is 12.1 Å². The third kappa shape index (κ3) is 1.83. The summed E-state index contributed by atoms with van der Waals surface area (Å²) in [6, 6.07) is 8.44. The van der Waals surface area contributed by atoms with Gasteiger partial charge in [-0.1, -0.05) is 12.1 Å². The highest BCUT2D eigenvalue weighted by Crippen LogP contribution is 2.37. The number of rotatable bonds is 2. The summed E-state index contributed by atoms with van der Waals surface area (Å²) in [5, 5.41) is 8.79. The number of fused-ring (bicyclic) bond motifs is 1. The Morgan fingerprint density at radius 3 is 3.13 bits per heavy atom. The van der Waals surface area contributed by atoms with Crippen molar-refractivity contribution in [2.75, 3.05) is 7.11 Å². The van der Waals surface area contributed by atoms with E-state index in [4.69, 9.17) is 10.00 Å². The van der Waals surface area contributed by atoms with Crippen LogP contribution in [-0.4, -0.2) is 7.11 Å². The molecule has 0 bridgehead atoms. The van der Waals surface area contributed by atoms with E-state index >= 15 is 0 Å². The van der Waals surface area contributed by atoms with Crippen molar-refractivity contribution >= 4 is 0 Å². The summed E-state index contributed by atoms with van der Waals surface area (Å²) >= 11 is 0. The van der Waals surface area contributed by atoms with E-state index in [-0.39, 0.29) is 0 Å². The first kappa shape index (κ1) is 10.0. The van der Waals surface area contributed by atoms with Crippen molar-refractivity contribution in [1.82, 2.24) is 0 Å². The Morgan fingerprint density at radius 2 is 2.40 bits per heavy atom. The van der Waals surface area contributed by atoms with Gasteiger partial charge in [-0.3, -0.25) is 0 Å². The predicted octanol–water partition coefficient (Wildman–Crippen LogP) is 3.03. The predicted molar refractivity (Wildman–Crippen MR) is 58.9 cm³/mol. The quantitative estimate of drug-likeness (QED) is 0.736. The van der Waals surface area contributed by atoms with E-state index in [0.717, 1.165) is 18.6 Å². The van der Waals surface area contributed by atoms with Gasteiger partial charge in [-0.05, 0) is 42.4 Å². The molecule has 0 spiro atoms. The lowest BCUT2D eigenvalue weighted by Crippen LogP contribution is -2.10. The molecule has 2 rings (SSSR count). The zero-order chi connectivity index (χ0) is 10.7. The van der Waals surface area contributed by atoms with E-state index in [2.05, 4.69) is 12.1 Å². The standard InChI is InChI=1S/C13H15NO/c1-15-13-7-3-5-11-10(8-9-14)4-2-6-12(11)13/h3,5,7,10H,2,4,6,8H2,1H3/t10-/m0/s1. The van der Waals surface area contributed by atoms with Crippen LogP contribution in [0.15, 0.2) is 18.2 Å². The fourth-order valence-electron chi connectivity index (χ4n) is 2.43. The number of hydrogen-bond donors (Lipinski definition) is 0. The lowest BCUT2D eigenvalue weighted by molar-refractivity contribution is 0.403. The summed E-state index contributed by atoms with van der Waals surface area (Å²) in [4.78, 5) is 0. The van der Waals surface area contributed by atoms with Gasteiger partial charge >= 0.3 is 0 Å². The molecule has 1 aromatic rings. The van der Waals surface area contributed by atoms with Crippen LogP contribution < -0.4 is 4.74 Å². The van der Waals surface area contributed by atoms with Crippen molar-refractivity contribution in [2.24, 2.45) is 0 Å². The van der Waals surface area contributed by atoms with Crippen LogP contribution in [0.1, 0.15) is 36.3 Å². The molecular weight excluding hydrogens is 186 g/mol. The molecule has 0 amide bonds. The van der Waals surface area contributed by atoms with E-state index < -0.39 is 0 Å². The summed E-state index contributed by atoms with van der Waals surface area (Å²) in [5.41, 5.74) is 2.63. The highest BCUT2D eigenvalue weighted by Gasteiger charge is 2.22. The molecule has 2 heteroatoms. The summed E-state index contributed by atoms with van der Waals surface area (Å²) in [6.07, 6.45) is 4.01. The van der Waals surface area contributed by atoms with Gasteiger partial charge < -0.3 is 4.74 Å². The largest absolute Gasteiger partial charge is 0.496 e. The van der Waals surface area contributed by atoms with Crippen LogP contribution in [0.4, 0.5) is 0 Å². The maximum atomic E-state index is 8.79. The molecule has 0 fully saturated rings. The minimum absolute atomic E-state index is 0.411. The summed E-state index contributed by atoms with van der Waals surface area (Å²) in [5.74, 6) is 1.39. The number of ether oxygens (including phenoxy) is 1. The number of nitriles is 1. The molecule has 1 aliphatic carbocycles. The van der Waals surface area contributed by atoms with Gasteiger partial charge in [0.05, 0.1) is 13.2 Å². The Hall–Kier alpha value is -1.49. The van der Waals surface area contributed by atoms with E-state index in [1.165, 1.54) is 17.5 Å². The SMILES string of the molecule is COc1cccc2c1CCC[C@H]2CC#N. The first-order chi connectivity index (χ1) is 7.36. The third-order valence-electron chi connectivity index (χ3n) is 3.15. The Balaban J connectivity index is 2.40. The van der Waals surface area contributed by atoms with Crippen LogP contribution in [-0.2, 0) is 6.42 Å². The monoisotopic (exact) mass is 201 g/mol. The molecule has 2 nitrogen and oxygen atoms in total. The lowest BCUT2D eigenvalue weighted by Gasteiger charge is -2.25. The molecule has 0 saturated carbocycles. The van der Waals surface area contributed by atoms with Crippen molar-refractivity contribution in [3.8, 4) is 11.8 Å². The second-order valence-electron chi connectivity index (χ2n) is 3.98. The average Bonchev–Trinajstić information content (AvgIpc) is 2.29. The molecule has 0 saturated heterocycles. The summed E-state index contributed by atoms with van der Waals surface area (Å²) in [7, 11) is 1.71. The van der Waals surface area contributed by atoms with Crippen LogP contribution in [0.2, 0.25) is 0 Å². The van der Waals surface area contributed by atoms with Crippen molar-refractivity contribution < 1.29 is 4.74 Å². The first-order valence-electron chi connectivity index (χ1n) is 5.39. The number of hydrogen-bond acceptors (Lipinski definition) is 2. The van der Waals surface area contributed by atoms with Gasteiger partial charge in [0.1, 0.15) is 5.75 Å². The molecule has 0 heterocycles. The first-order valence-corrected chi connectivity index (χ1v) is 5.39. The number of methoxy groups -OCH3 is 1. The highest BCUT2D eigenvalue weighted by molar-refractivity contribution is 5.43. The molecule has 0 N–H and O–H groups in total. The highest BCUT2D eigenvalue weighted by atomic mass is 16.5. The topological polar surface area (TPSA) is 33.0 Å². The minimum Gasteiger partial charge on any atom is -0.496 e. The van der Waals surface area contributed by atoms with Crippen molar-refractivity contribution in [3.05, 3.63) is 29.3 Å². The molecular formula is C13H15NO. The molecule has 0 aliphatic heterocycles. The van der Waals surface area contributed by atoms with E-state index in [0.29, 0.717) is 12.3 Å². The molecule has 15 heavy (non-hydrogen) atoms. The van der Waals surface area contributed by atoms with Crippen LogP contribution in [0, 0.1) is 11.3 Å². The van der Waals surface area contributed by atoms with Gasteiger partial charge in [0.2, 0.25) is 0 Å². The van der Waals surface area contributed by atoms with Crippen molar-refractivity contribution in [3.63, 3.8) is 0 Å². The smallest absolute Gasteiger partial charge is 0.122 e. The van der Waals surface area contributed by atoms with E-state index in [9.17, 15) is 0 Å². The zero-order valence-electron chi connectivity index (χ0n) is 8.99. The van der Waals surface area contributed by atoms with Gasteiger partial charge in [-0.25, -0.2) is 0 Å². The van der Waals surface area contributed by atoms with Crippen LogP contribution in [0.25, 0.3) is 0 Å². The van der Waals surface area contributed by atoms with Gasteiger partial charge in [-0.2, -0.15) is 5.26 Å². The fourth-order valence-corrected chi connectivity index (χ4v) is 2.43. The zero-order valence-corrected chi connectivity index (χ0v) is 8.99. The molecule has 0 radical (unpaired) electrons. The molecule has 1 aromatic carbocycles. The van der Waals surface area contributed by atoms with Gasteiger partial charge in [0.25, 0.3) is 0 Å². The number of benzene rings is 1. The normalized spacial score (nSPS) is 19.1. The van der Waals surface area contributed by atoms with Crippen LogP contribution in [0.5, 0.6) is 5.75 Å². The minimum atomic E-state index is 0.411. The van der Waals surface area contributed by atoms with E-state index in [1.54, 1.807) is 7.11 Å². The summed E-state index contributed by atoms with van der Waals surface area (Å²) in [6.45, 7) is 0. The Morgan fingerprint density at radius 1 is 1.53 bits per heavy atom. The molecule has 0 aromatic heterocycles. The van der Waals surface area contributed by atoms with Gasteiger partial charge in [-0.15, -0.1) is 0 Å². The maximum Gasteiger partial charge on any atom is 0.122 e. The van der Waals surface area contributed by atoms with Crippen molar-refractivity contribution in [2.45, 2.75) is 31.6 Å². The number of nitrogens with zero attached hydrogens (tertiary/aromatic N) is 1. The Labute approximate surface area is 90.5 Å². The fraction of sp³-hybridized carbons (Fsp3) is 0.462. The van der Waals surface area contributed by atoms with Crippen LogP contribution >= 0.6 is 0 Å². The lowest BCUT2D eigenvalue weighted by atomic mass is 9.81. The van der Waals surface area contributed by atoms with Crippen LogP contribution in [0.3, 0.4) is 0 Å². The molecule has 1 atom stereocenters. The average molecular weight is 201 g/mol. The second kappa shape index (κ2) is 4.35. The molecule has 0 unspecified atom stereocenters. The molecule has 78 valence electrons.